The number of hydrogen-bond acceptors (Lipinski definition) is 0. The molecule has 0 spiro atoms. The molecule has 0 fully saturated rings. The zero-order valence-electron chi connectivity index (χ0n) is 6.76. The van der Waals surface area contributed by atoms with Gasteiger partial charge in [-0.25, -0.2) is 0 Å². The zero-order valence-corrected chi connectivity index (χ0v) is 7.52. The summed E-state index contributed by atoms with van der Waals surface area (Å²) in [6, 6.07) is 5.93. The van der Waals surface area contributed by atoms with Gasteiger partial charge in [-0.3, -0.25) is 0 Å². The molecule has 0 unspecified atom stereocenters. The van der Waals surface area contributed by atoms with Crippen molar-refractivity contribution in [3.63, 3.8) is 0 Å². The molecule has 0 saturated carbocycles. The molecule has 0 aliphatic rings. The molecule has 0 aromatic heterocycles. The first-order valence-corrected chi connectivity index (χ1v) is 4.01. The van der Waals surface area contributed by atoms with Crippen LogP contribution in [0.1, 0.15) is 18.1 Å². The monoisotopic (exact) mass is 166 g/mol. The Labute approximate surface area is 72.5 Å². The highest BCUT2D eigenvalue weighted by molar-refractivity contribution is 6.31. The summed E-state index contributed by atoms with van der Waals surface area (Å²) in [7, 11) is 0. The summed E-state index contributed by atoms with van der Waals surface area (Å²) in [5.41, 5.74) is 2.34. The fourth-order valence-corrected chi connectivity index (χ4v) is 1.17. The highest BCUT2D eigenvalue weighted by Gasteiger charge is 1.96. The van der Waals surface area contributed by atoms with Crippen molar-refractivity contribution < 1.29 is 0 Å². The van der Waals surface area contributed by atoms with Gasteiger partial charge in [-0.05, 0) is 31.0 Å². The fraction of sp³-hybridized carbons (Fsp3) is 0.200. The van der Waals surface area contributed by atoms with Crippen LogP contribution in [0, 0.1) is 6.92 Å². The smallest absolute Gasteiger partial charge is 0.0441 e. The van der Waals surface area contributed by atoms with E-state index in [1.54, 1.807) is 0 Å². The Morgan fingerprint density at radius 3 is 2.73 bits per heavy atom. The second kappa shape index (κ2) is 3.59. The average molecular weight is 167 g/mol. The van der Waals surface area contributed by atoms with E-state index in [9.17, 15) is 0 Å². The number of benzene rings is 1. The van der Waals surface area contributed by atoms with Gasteiger partial charge in [0.15, 0.2) is 0 Å². The molecule has 1 aromatic rings. The lowest BCUT2D eigenvalue weighted by atomic mass is 10.1. The summed E-state index contributed by atoms with van der Waals surface area (Å²) >= 11 is 5.92. The molecular formula is C10H11Cl. The number of hydrogen-bond donors (Lipinski definition) is 0. The summed E-state index contributed by atoms with van der Waals surface area (Å²) < 4.78 is 0. The molecule has 1 aromatic carbocycles. The molecule has 0 heterocycles. The van der Waals surface area contributed by atoms with Crippen molar-refractivity contribution in [2.75, 3.05) is 0 Å². The zero-order chi connectivity index (χ0) is 8.27. The van der Waals surface area contributed by atoms with Crippen LogP contribution in [0.4, 0.5) is 0 Å². The summed E-state index contributed by atoms with van der Waals surface area (Å²) in [6.45, 7) is 4.03. The third-order valence-corrected chi connectivity index (χ3v) is 2.07. The maximum Gasteiger partial charge on any atom is 0.0441 e. The second-order valence-corrected chi connectivity index (χ2v) is 2.86. The molecule has 0 N–H and O–H groups in total. The molecule has 0 nitrogen and oxygen atoms in total. The Morgan fingerprint density at radius 1 is 1.36 bits per heavy atom. The standard InChI is InChI=1S/C10H11Cl/c1-3-5-9-6-4-7-10(11)8(9)2/h3-7H,1-2H3/b5-3-. The van der Waals surface area contributed by atoms with Gasteiger partial charge in [0.05, 0.1) is 0 Å². The first-order chi connectivity index (χ1) is 5.25. The van der Waals surface area contributed by atoms with Crippen LogP contribution in [0.3, 0.4) is 0 Å². The Balaban J connectivity index is 3.16. The van der Waals surface area contributed by atoms with E-state index in [0.717, 1.165) is 10.6 Å². The summed E-state index contributed by atoms with van der Waals surface area (Å²) in [6.07, 6.45) is 4.07. The van der Waals surface area contributed by atoms with Gasteiger partial charge in [-0.1, -0.05) is 35.9 Å². The highest BCUT2D eigenvalue weighted by Crippen LogP contribution is 2.19. The van der Waals surface area contributed by atoms with Crippen molar-refractivity contribution in [3.8, 4) is 0 Å². The molecular weight excluding hydrogens is 156 g/mol. The van der Waals surface area contributed by atoms with Gasteiger partial charge in [0.2, 0.25) is 0 Å². The third kappa shape index (κ3) is 1.84. The molecule has 58 valence electrons. The van der Waals surface area contributed by atoms with Crippen LogP contribution in [-0.2, 0) is 0 Å². The topological polar surface area (TPSA) is 0 Å². The van der Waals surface area contributed by atoms with Crippen LogP contribution in [-0.4, -0.2) is 0 Å². The van der Waals surface area contributed by atoms with Crippen LogP contribution in [0.15, 0.2) is 24.3 Å². The van der Waals surface area contributed by atoms with Gasteiger partial charge in [0, 0.05) is 5.02 Å². The SMILES string of the molecule is C/C=C\c1cccc(Cl)c1C. The van der Waals surface area contributed by atoms with E-state index in [2.05, 4.69) is 12.1 Å². The highest BCUT2D eigenvalue weighted by atomic mass is 35.5. The van der Waals surface area contributed by atoms with E-state index in [1.807, 2.05) is 32.1 Å². The summed E-state index contributed by atoms with van der Waals surface area (Å²) in [4.78, 5) is 0. The van der Waals surface area contributed by atoms with Crippen LogP contribution < -0.4 is 0 Å². The third-order valence-electron chi connectivity index (χ3n) is 1.66. The molecule has 0 atom stereocenters. The second-order valence-electron chi connectivity index (χ2n) is 2.45. The molecule has 0 bridgehead atoms. The molecule has 0 radical (unpaired) electrons. The van der Waals surface area contributed by atoms with Crippen LogP contribution in [0.5, 0.6) is 0 Å². The predicted molar refractivity (Wildman–Crippen MR) is 50.9 cm³/mol. The van der Waals surface area contributed by atoms with E-state index in [0.29, 0.717) is 0 Å². The lowest BCUT2D eigenvalue weighted by molar-refractivity contribution is 1.44. The first-order valence-electron chi connectivity index (χ1n) is 3.63. The van der Waals surface area contributed by atoms with Crippen LogP contribution in [0.25, 0.3) is 6.08 Å². The van der Waals surface area contributed by atoms with E-state index in [-0.39, 0.29) is 0 Å². The van der Waals surface area contributed by atoms with Gasteiger partial charge in [0.1, 0.15) is 0 Å². The predicted octanol–water partition coefficient (Wildman–Crippen LogP) is 3.68. The summed E-state index contributed by atoms with van der Waals surface area (Å²) in [5, 5.41) is 0.834. The van der Waals surface area contributed by atoms with Crippen LogP contribution in [0.2, 0.25) is 5.02 Å². The van der Waals surface area contributed by atoms with E-state index in [1.165, 1.54) is 5.56 Å². The normalized spacial score (nSPS) is 10.8. The molecule has 0 aliphatic heterocycles. The number of rotatable bonds is 1. The molecule has 0 aliphatic carbocycles. The minimum atomic E-state index is 0.834. The van der Waals surface area contributed by atoms with Gasteiger partial charge >= 0.3 is 0 Å². The lowest BCUT2D eigenvalue weighted by Crippen LogP contribution is -1.80. The van der Waals surface area contributed by atoms with Crippen molar-refractivity contribution in [1.29, 1.82) is 0 Å². The number of halogens is 1. The first kappa shape index (κ1) is 8.35. The van der Waals surface area contributed by atoms with Gasteiger partial charge in [-0.15, -0.1) is 0 Å². The summed E-state index contributed by atoms with van der Waals surface area (Å²) in [5.74, 6) is 0. The van der Waals surface area contributed by atoms with E-state index in [4.69, 9.17) is 11.6 Å². The Bertz CT molecular complexity index is 274. The minimum absolute atomic E-state index is 0.834. The Morgan fingerprint density at radius 2 is 2.09 bits per heavy atom. The van der Waals surface area contributed by atoms with Crippen molar-refractivity contribution in [2.45, 2.75) is 13.8 Å². The largest absolute Gasteiger partial charge is 0.0871 e. The van der Waals surface area contributed by atoms with Crippen molar-refractivity contribution in [3.05, 3.63) is 40.4 Å². The van der Waals surface area contributed by atoms with Gasteiger partial charge in [0.25, 0.3) is 0 Å². The molecule has 1 rings (SSSR count). The van der Waals surface area contributed by atoms with Crippen LogP contribution >= 0.6 is 11.6 Å². The van der Waals surface area contributed by atoms with Gasteiger partial charge < -0.3 is 0 Å². The maximum atomic E-state index is 5.92. The van der Waals surface area contributed by atoms with Crippen molar-refractivity contribution in [2.24, 2.45) is 0 Å². The van der Waals surface area contributed by atoms with E-state index < -0.39 is 0 Å². The van der Waals surface area contributed by atoms with Crippen molar-refractivity contribution in [1.82, 2.24) is 0 Å². The van der Waals surface area contributed by atoms with Crippen molar-refractivity contribution >= 4 is 17.7 Å². The maximum absolute atomic E-state index is 5.92. The lowest BCUT2D eigenvalue weighted by Gasteiger charge is -2.00. The van der Waals surface area contributed by atoms with E-state index >= 15 is 0 Å². The quantitative estimate of drug-likeness (QED) is 0.597. The molecule has 11 heavy (non-hydrogen) atoms. The minimum Gasteiger partial charge on any atom is -0.0871 e. The molecule has 0 amide bonds. The molecule has 0 saturated heterocycles. The Hall–Kier alpha value is -0.750. The fourth-order valence-electron chi connectivity index (χ4n) is 0.984. The average Bonchev–Trinajstić information content (AvgIpc) is 1.99. The number of allylic oxidation sites excluding steroid dienone is 1. The Kier molecular flexibility index (Phi) is 2.72. The molecule has 1 heteroatoms. The van der Waals surface area contributed by atoms with Gasteiger partial charge in [-0.2, -0.15) is 0 Å².